The van der Waals surface area contributed by atoms with Crippen LogP contribution in [-0.4, -0.2) is 38.1 Å². The van der Waals surface area contributed by atoms with Gasteiger partial charge >= 0.3 is 5.97 Å². The first-order valence-electron chi connectivity index (χ1n) is 7.61. The Morgan fingerprint density at radius 3 is 2.44 bits per heavy atom. The Morgan fingerprint density at radius 2 is 1.74 bits per heavy atom. The fourth-order valence-corrected chi connectivity index (χ4v) is 2.44. The Labute approximate surface area is 165 Å². The SMILES string of the molecule is COc1ccccc1C(=O)NC(=O)COC(=O)COc1ccc(Cl)cc1Cl. The average molecular weight is 412 g/mol. The molecule has 2 amide bonds. The quantitative estimate of drug-likeness (QED) is 0.704. The average Bonchev–Trinajstić information content (AvgIpc) is 2.65. The van der Waals surface area contributed by atoms with Crippen molar-refractivity contribution in [2.75, 3.05) is 20.3 Å². The number of ether oxygens (including phenoxy) is 3. The highest BCUT2D eigenvalue weighted by atomic mass is 35.5. The molecular weight excluding hydrogens is 397 g/mol. The van der Waals surface area contributed by atoms with Crippen LogP contribution in [0, 0.1) is 0 Å². The van der Waals surface area contributed by atoms with E-state index in [1.54, 1.807) is 24.3 Å². The summed E-state index contributed by atoms with van der Waals surface area (Å²) in [5.41, 5.74) is 0.181. The van der Waals surface area contributed by atoms with E-state index in [2.05, 4.69) is 5.32 Å². The van der Waals surface area contributed by atoms with Crippen molar-refractivity contribution >= 4 is 41.0 Å². The van der Waals surface area contributed by atoms with Gasteiger partial charge in [0.15, 0.2) is 13.2 Å². The molecule has 2 aromatic carbocycles. The van der Waals surface area contributed by atoms with Crippen LogP contribution in [0.5, 0.6) is 11.5 Å². The van der Waals surface area contributed by atoms with E-state index in [4.69, 9.17) is 37.4 Å². The minimum absolute atomic E-state index is 0.181. The van der Waals surface area contributed by atoms with Crippen LogP contribution in [0.2, 0.25) is 10.0 Å². The molecule has 27 heavy (non-hydrogen) atoms. The molecule has 0 aliphatic carbocycles. The summed E-state index contributed by atoms with van der Waals surface area (Å²) < 4.78 is 15.0. The van der Waals surface area contributed by atoms with Crippen molar-refractivity contribution < 1.29 is 28.6 Å². The molecular formula is C18H15Cl2NO6. The third-order valence-corrected chi connectivity index (χ3v) is 3.74. The normalized spacial score (nSPS) is 10.0. The van der Waals surface area contributed by atoms with Gasteiger partial charge in [0.05, 0.1) is 17.7 Å². The number of para-hydroxylation sites is 1. The van der Waals surface area contributed by atoms with E-state index in [9.17, 15) is 14.4 Å². The van der Waals surface area contributed by atoms with Gasteiger partial charge in [-0.1, -0.05) is 35.3 Å². The number of imide groups is 1. The van der Waals surface area contributed by atoms with E-state index < -0.39 is 31.0 Å². The highest BCUT2D eigenvalue weighted by Crippen LogP contribution is 2.27. The van der Waals surface area contributed by atoms with Crippen molar-refractivity contribution in [3.8, 4) is 11.5 Å². The first kappa shape index (κ1) is 20.5. The molecule has 0 spiro atoms. The number of carbonyl (C=O) groups is 3. The summed E-state index contributed by atoms with van der Waals surface area (Å²) in [6, 6.07) is 10.9. The van der Waals surface area contributed by atoms with Crippen LogP contribution < -0.4 is 14.8 Å². The first-order chi connectivity index (χ1) is 12.9. The molecule has 1 N–H and O–H groups in total. The number of nitrogens with one attached hydrogen (secondary N) is 1. The zero-order valence-electron chi connectivity index (χ0n) is 14.2. The topological polar surface area (TPSA) is 90.9 Å². The second-order valence-electron chi connectivity index (χ2n) is 5.10. The van der Waals surface area contributed by atoms with Crippen molar-refractivity contribution in [1.29, 1.82) is 0 Å². The summed E-state index contributed by atoms with van der Waals surface area (Å²) in [6.45, 7) is -1.10. The van der Waals surface area contributed by atoms with Crippen LogP contribution in [0.15, 0.2) is 42.5 Å². The molecule has 0 unspecified atom stereocenters. The molecule has 0 saturated carbocycles. The van der Waals surface area contributed by atoms with E-state index in [1.807, 2.05) is 0 Å². The van der Waals surface area contributed by atoms with Crippen LogP contribution in [0.3, 0.4) is 0 Å². The summed E-state index contributed by atoms with van der Waals surface area (Å²) in [5, 5.41) is 2.76. The summed E-state index contributed by atoms with van der Waals surface area (Å²) >= 11 is 11.7. The van der Waals surface area contributed by atoms with E-state index in [1.165, 1.54) is 25.3 Å². The smallest absolute Gasteiger partial charge is 0.344 e. The highest BCUT2D eigenvalue weighted by Gasteiger charge is 2.16. The molecule has 9 heteroatoms. The number of halogens is 2. The second-order valence-corrected chi connectivity index (χ2v) is 5.95. The van der Waals surface area contributed by atoms with Gasteiger partial charge in [0.1, 0.15) is 11.5 Å². The molecule has 2 aromatic rings. The maximum absolute atomic E-state index is 12.1. The van der Waals surface area contributed by atoms with Gasteiger partial charge in [-0.3, -0.25) is 14.9 Å². The van der Waals surface area contributed by atoms with Crippen LogP contribution in [-0.2, 0) is 14.3 Å². The van der Waals surface area contributed by atoms with Gasteiger partial charge in [-0.25, -0.2) is 4.79 Å². The highest BCUT2D eigenvalue weighted by molar-refractivity contribution is 6.35. The lowest BCUT2D eigenvalue weighted by Gasteiger charge is -2.10. The van der Waals surface area contributed by atoms with Gasteiger partial charge in [0.25, 0.3) is 11.8 Å². The summed E-state index contributed by atoms with van der Waals surface area (Å²) in [4.78, 5) is 35.5. The Hall–Kier alpha value is -2.77. The fourth-order valence-electron chi connectivity index (χ4n) is 1.98. The standard InChI is InChI=1S/C18H15Cl2NO6/c1-25-14-5-3-2-4-12(14)18(24)21-16(22)9-27-17(23)10-26-15-7-6-11(19)8-13(15)20/h2-8H,9-10H2,1H3,(H,21,22,24). The summed E-state index contributed by atoms with van der Waals surface area (Å²) in [6.07, 6.45) is 0. The fraction of sp³-hybridized carbons (Fsp3) is 0.167. The van der Waals surface area contributed by atoms with Gasteiger partial charge in [0.2, 0.25) is 0 Å². The Kier molecular flexibility index (Phi) is 7.45. The van der Waals surface area contributed by atoms with E-state index in [0.717, 1.165) is 0 Å². The molecule has 7 nitrogen and oxygen atoms in total. The van der Waals surface area contributed by atoms with Crippen molar-refractivity contribution in [2.45, 2.75) is 0 Å². The van der Waals surface area contributed by atoms with Gasteiger partial charge in [-0.05, 0) is 30.3 Å². The number of methoxy groups -OCH3 is 1. The number of rotatable bonds is 7. The van der Waals surface area contributed by atoms with Crippen molar-refractivity contribution in [2.24, 2.45) is 0 Å². The summed E-state index contributed by atoms with van der Waals surface area (Å²) in [5.74, 6) is -1.70. The molecule has 0 bridgehead atoms. The van der Waals surface area contributed by atoms with E-state index in [0.29, 0.717) is 10.8 Å². The first-order valence-corrected chi connectivity index (χ1v) is 8.37. The predicted molar refractivity (Wildman–Crippen MR) is 98.4 cm³/mol. The van der Waals surface area contributed by atoms with Crippen LogP contribution in [0.25, 0.3) is 0 Å². The van der Waals surface area contributed by atoms with Crippen LogP contribution in [0.4, 0.5) is 0 Å². The Balaban J connectivity index is 1.79. The molecule has 142 valence electrons. The lowest BCUT2D eigenvalue weighted by molar-refractivity contribution is -0.150. The molecule has 0 aliphatic rings. The molecule has 2 rings (SSSR count). The van der Waals surface area contributed by atoms with Gasteiger partial charge < -0.3 is 14.2 Å². The van der Waals surface area contributed by atoms with Crippen LogP contribution in [0.1, 0.15) is 10.4 Å². The molecule has 0 radical (unpaired) electrons. The molecule has 0 aliphatic heterocycles. The number of carbonyl (C=O) groups excluding carboxylic acids is 3. The number of hydrogen-bond acceptors (Lipinski definition) is 6. The maximum atomic E-state index is 12.1. The van der Waals surface area contributed by atoms with Crippen molar-refractivity contribution in [3.63, 3.8) is 0 Å². The lowest BCUT2D eigenvalue weighted by Crippen LogP contribution is -2.34. The molecule has 0 fully saturated rings. The number of amides is 2. The third-order valence-electron chi connectivity index (χ3n) is 3.21. The number of esters is 1. The third kappa shape index (κ3) is 6.16. The molecule has 0 saturated heterocycles. The molecule has 0 atom stereocenters. The van der Waals surface area contributed by atoms with Gasteiger partial charge in [0, 0.05) is 5.02 Å². The number of hydrogen-bond donors (Lipinski definition) is 1. The zero-order valence-corrected chi connectivity index (χ0v) is 15.7. The predicted octanol–water partition coefficient (Wildman–Crippen LogP) is 2.88. The zero-order chi connectivity index (χ0) is 19.8. The van der Waals surface area contributed by atoms with E-state index in [-0.39, 0.29) is 16.3 Å². The van der Waals surface area contributed by atoms with Gasteiger partial charge in [-0.2, -0.15) is 0 Å². The number of benzene rings is 2. The lowest BCUT2D eigenvalue weighted by atomic mass is 10.2. The van der Waals surface area contributed by atoms with E-state index >= 15 is 0 Å². The minimum Gasteiger partial charge on any atom is -0.496 e. The van der Waals surface area contributed by atoms with Crippen molar-refractivity contribution in [1.82, 2.24) is 5.32 Å². The molecule has 0 heterocycles. The second kappa shape index (κ2) is 9.80. The van der Waals surface area contributed by atoms with Crippen molar-refractivity contribution in [3.05, 3.63) is 58.1 Å². The Morgan fingerprint density at radius 1 is 1.00 bits per heavy atom. The monoisotopic (exact) mass is 411 g/mol. The Bertz CT molecular complexity index is 855. The van der Waals surface area contributed by atoms with Crippen LogP contribution >= 0.6 is 23.2 Å². The summed E-state index contributed by atoms with van der Waals surface area (Å²) in [7, 11) is 1.41. The van der Waals surface area contributed by atoms with Gasteiger partial charge in [-0.15, -0.1) is 0 Å². The maximum Gasteiger partial charge on any atom is 0.344 e. The molecule has 0 aromatic heterocycles. The largest absolute Gasteiger partial charge is 0.496 e. The minimum atomic E-state index is -0.805.